The minimum Gasteiger partial charge on any atom is -0.391 e. The fourth-order valence-corrected chi connectivity index (χ4v) is 9.88. The first kappa shape index (κ1) is 63.2. The molecule has 70 heavy (non-hydrogen) atoms. The largest absolute Gasteiger partial charge is 0.391 e. The van der Waals surface area contributed by atoms with Crippen LogP contribution in [-0.4, -0.2) is 296 Å². The molecule has 26 nitrogen and oxygen atoms in total. The summed E-state index contributed by atoms with van der Waals surface area (Å²) < 4.78 is 53.9. The molecule has 0 bridgehead atoms. The zero-order chi connectivity index (χ0) is 52.7. The Kier molecular flexibility index (Phi) is 25.6. The molecule has 0 saturated carbocycles. The Hall–Kier alpha value is 0.710. The minimum atomic E-state index is -2.01. The number of thiol groups is 5. The van der Waals surface area contributed by atoms with Gasteiger partial charge in [-0.1, -0.05) is 13.8 Å². The Bertz CT molecular complexity index is 1490. The van der Waals surface area contributed by atoms with Crippen molar-refractivity contribution >= 4 is 63.1 Å². The summed E-state index contributed by atoms with van der Waals surface area (Å²) in [4.78, 5) is 0. The van der Waals surface area contributed by atoms with Gasteiger partial charge in [0.2, 0.25) is 5.79 Å². The van der Waals surface area contributed by atoms with Crippen LogP contribution in [-0.2, 0) is 47.4 Å². The zero-order valence-electron chi connectivity index (χ0n) is 38.1. The zero-order valence-corrected chi connectivity index (χ0v) is 42.6. The lowest BCUT2D eigenvalue weighted by Gasteiger charge is -2.46. The quantitative estimate of drug-likeness (QED) is 0.0718. The van der Waals surface area contributed by atoms with Crippen LogP contribution in [0.25, 0.3) is 0 Å². The molecule has 0 amide bonds. The second-order valence-corrected chi connectivity index (χ2v) is 19.3. The fourth-order valence-electron chi connectivity index (χ4n) is 8.26. The smallest absolute Gasteiger partial charge is 0.223 e. The number of hydrogen-bond donors (Lipinski definition) is 21. The standard InChI is InChI=1S/C13H24O9S2.C13H24O9S.C13H24O8S2/c1-19-12-10(18)8(16)11(5(3-24)21-12)22-13-9(17)7(15)6(14)4(2-23)20-13;1-2-5-8(16)11(19)13(4-14,21-5)22-12-10(18)9(17)7(15)6(3-23)20-12;1-4-5(2-22)19-12(10(17)7(4)14)21-13-11(18)9(16)8(15)6(3-23)20-13/h4-18,23-24H,2-3H2,1H3;5-12,14-19,23H,2-4H2,1H3;4-18,22-23H,2-3H2,1H3/t4?,5?,6-,7-,8+,9?,10?,11+,12+,13-;;/m0../s1. The highest BCUT2D eigenvalue weighted by Crippen LogP contribution is 2.38. The molecule has 0 aromatic rings. The maximum Gasteiger partial charge on any atom is 0.223 e. The van der Waals surface area contributed by atoms with Crippen LogP contribution in [0.2, 0.25) is 0 Å². The molecule has 0 radical (unpaired) electrons. The lowest BCUT2D eigenvalue weighted by Crippen LogP contribution is -2.64. The van der Waals surface area contributed by atoms with Gasteiger partial charge in [0, 0.05) is 41.8 Å². The van der Waals surface area contributed by atoms with Crippen LogP contribution in [0, 0.1) is 5.92 Å². The molecular weight excluding hydrogens is 1040 g/mol. The molecule has 23 unspecified atom stereocenters. The number of ether oxygens (including phenoxy) is 10. The summed E-state index contributed by atoms with van der Waals surface area (Å²) in [5.74, 6) is -1.69. The van der Waals surface area contributed by atoms with E-state index in [1.54, 1.807) is 13.8 Å². The van der Waals surface area contributed by atoms with Crippen LogP contribution >= 0.6 is 63.1 Å². The molecule has 0 aliphatic carbocycles. The summed E-state index contributed by atoms with van der Waals surface area (Å²) in [6, 6.07) is 0. The predicted molar refractivity (Wildman–Crippen MR) is 251 cm³/mol. The number of aliphatic hydroxyl groups is 16. The highest BCUT2D eigenvalue weighted by Gasteiger charge is 2.58. The van der Waals surface area contributed by atoms with Gasteiger partial charge in [0.05, 0.1) is 42.7 Å². The number of hydrogen-bond acceptors (Lipinski definition) is 31. The molecule has 6 aliphatic heterocycles. The van der Waals surface area contributed by atoms with Crippen molar-refractivity contribution in [3.8, 4) is 0 Å². The Morgan fingerprint density at radius 2 is 0.786 bits per heavy atom. The van der Waals surface area contributed by atoms with Crippen LogP contribution in [0.4, 0.5) is 0 Å². The molecular formula is C39H72O26S5. The molecule has 0 aromatic carbocycles. The normalized spacial score (nSPS) is 50.9. The van der Waals surface area contributed by atoms with E-state index in [9.17, 15) is 81.7 Å². The predicted octanol–water partition coefficient (Wildman–Crippen LogP) is -8.16. The van der Waals surface area contributed by atoms with Crippen LogP contribution < -0.4 is 0 Å². The van der Waals surface area contributed by atoms with Gasteiger partial charge in [-0.25, -0.2) is 0 Å². The van der Waals surface area contributed by atoms with Crippen molar-refractivity contribution in [1.82, 2.24) is 0 Å². The van der Waals surface area contributed by atoms with Crippen molar-refractivity contribution in [1.29, 1.82) is 0 Å². The lowest BCUT2D eigenvalue weighted by molar-refractivity contribution is -0.379. The summed E-state index contributed by atoms with van der Waals surface area (Å²) in [5, 5.41) is 159. The van der Waals surface area contributed by atoms with E-state index in [4.69, 9.17) is 47.4 Å². The molecule has 0 aromatic heterocycles. The van der Waals surface area contributed by atoms with E-state index in [0.717, 1.165) is 0 Å². The SMILES string of the molecule is CC1C(CS)OC(OC2OC(CS)C(O)C(O)C2O)C(O)C1O.CCC1OC(CO)(OC2OC(CS)C(O)C(O)C2O)C(O)C1O.CO[C@@H]1OC(CS)[C@@H](O[C@@H]2OC(CS)[C@H](O)[C@H](O)C2O)[C@H](O)C1O. The third-order valence-corrected chi connectivity index (χ3v) is 14.6. The van der Waals surface area contributed by atoms with Gasteiger partial charge in [-0.15, -0.1) is 0 Å². The molecule has 6 fully saturated rings. The van der Waals surface area contributed by atoms with E-state index in [2.05, 4.69) is 63.1 Å². The van der Waals surface area contributed by atoms with E-state index < -0.39 is 178 Å². The maximum atomic E-state index is 10.3. The number of methoxy groups -OCH3 is 1. The first-order chi connectivity index (χ1) is 33.0. The fraction of sp³-hybridized carbons (Fsp3) is 1.00. The Balaban J connectivity index is 0.000000228. The summed E-state index contributed by atoms with van der Waals surface area (Å²) in [6.45, 7) is 2.63. The Morgan fingerprint density at radius 3 is 1.19 bits per heavy atom. The van der Waals surface area contributed by atoms with Crippen LogP contribution in [0.3, 0.4) is 0 Å². The van der Waals surface area contributed by atoms with E-state index in [1.807, 2.05) is 0 Å². The van der Waals surface area contributed by atoms with Crippen molar-refractivity contribution in [2.75, 3.05) is 42.5 Å². The van der Waals surface area contributed by atoms with Gasteiger partial charge in [-0.05, 0) is 6.42 Å². The molecule has 6 aliphatic rings. The topological polar surface area (TPSA) is 416 Å². The third-order valence-electron chi connectivity index (χ3n) is 12.8. The van der Waals surface area contributed by atoms with E-state index in [1.165, 1.54) is 7.11 Å². The molecule has 16 N–H and O–H groups in total. The summed E-state index contributed by atoms with van der Waals surface area (Å²) >= 11 is 20.3. The molecule has 414 valence electrons. The van der Waals surface area contributed by atoms with Gasteiger partial charge in [0.1, 0.15) is 98.2 Å². The van der Waals surface area contributed by atoms with Gasteiger partial charge >= 0.3 is 0 Å². The molecule has 6 heterocycles. The second kappa shape index (κ2) is 28.4. The molecule has 6 rings (SSSR count). The summed E-state index contributed by atoms with van der Waals surface area (Å²) in [7, 11) is 1.32. The van der Waals surface area contributed by atoms with E-state index in [0.29, 0.717) is 12.2 Å². The van der Waals surface area contributed by atoms with Crippen molar-refractivity contribution < 1.29 is 129 Å². The van der Waals surface area contributed by atoms with Crippen molar-refractivity contribution in [3.63, 3.8) is 0 Å². The third kappa shape index (κ3) is 14.1. The Labute approximate surface area is 430 Å². The van der Waals surface area contributed by atoms with Crippen LogP contribution in [0.1, 0.15) is 20.3 Å². The lowest BCUT2D eigenvalue weighted by atomic mass is 9.91. The second-order valence-electron chi connectivity index (χ2n) is 17.4. The van der Waals surface area contributed by atoms with Gasteiger partial charge < -0.3 is 129 Å². The van der Waals surface area contributed by atoms with Crippen LogP contribution in [0.15, 0.2) is 0 Å². The minimum absolute atomic E-state index is 0.0422. The van der Waals surface area contributed by atoms with E-state index >= 15 is 0 Å². The van der Waals surface area contributed by atoms with Gasteiger partial charge in [0.15, 0.2) is 31.5 Å². The van der Waals surface area contributed by atoms with Crippen molar-refractivity contribution in [3.05, 3.63) is 0 Å². The monoisotopic (exact) mass is 1120 g/mol. The molecule has 29 atom stereocenters. The Morgan fingerprint density at radius 1 is 0.414 bits per heavy atom. The molecule has 31 heteroatoms. The van der Waals surface area contributed by atoms with Crippen LogP contribution in [0.5, 0.6) is 0 Å². The first-order valence-corrected chi connectivity index (χ1v) is 25.5. The van der Waals surface area contributed by atoms with Gasteiger partial charge in [-0.3, -0.25) is 0 Å². The maximum absolute atomic E-state index is 10.3. The number of aliphatic hydroxyl groups excluding tert-OH is 16. The molecule has 0 spiro atoms. The van der Waals surface area contributed by atoms with E-state index in [-0.39, 0.29) is 28.9 Å². The average Bonchev–Trinajstić information content (AvgIpc) is 3.60. The summed E-state index contributed by atoms with van der Waals surface area (Å²) in [5.41, 5.74) is 0. The van der Waals surface area contributed by atoms with Crippen molar-refractivity contribution in [2.45, 2.75) is 192 Å². The molecule has 6 saturated heterocycles. The highest BCUT2D eigenvalue weighted by molar-refractivity contribution is 7.80. The van der Waals surface area contributed by atoms with Gasteiger partial charge in [-0.2, -0.15) is 63.1 Å². The summed E-state index contributed by atoms with van der Waals surface area (Å²) in [6.07, 6.45) is -33.2. The van der Waals surface area contributed by atoms with Gasteiger partial charge in [0.25, 0.3) is 0 Å². The highest BCUT2D eigenvalue weighted by atomic mass is 32.1. The number of rotatable bonds is 14. The van der Waals surface area contributed by atoms with Crippen molar-refractivity contribution in [2.24, 2.45) is 5.92 Å². The first-order valence-electron chi connectivity index (χ1n) is 22.3. The average molecular weight is 1120 g/mol.